The Hall–Kier alpha value is -2.18. The summed E-state index contributed by atoms with van der Waals surface area (Å²) >= 11 is 0. The van der Waals surface area contributed by atoms with Crippen LogP contribution in [0, 0.1) is 18.3 Å². The Labute approximate surface area is 121 Å². The van der Waals surface area contributed by atoms with Gasteiger partial charge in [0.2, 0.25) is 0 Å². The molecule has 0 aromatic heterocycles. The molecule has 0 aliphatic rings. The fourth-order valence-corrected chi connectivity index (χ4v) is 2.73. The largest absolute Gasteiger partial charge is 0.250 e. The molecule has 0 radical (unpaired) electrons. The van der Waals surface area contributed by atoms with Gasteiger partial charge in [-0.2, -0.15) is 5.26 Å². The number of nitrogens with zero attached hydrogens (tertiary/aromatic N) is 1. The zero-order chi connectivity index (χ0) is 14.4. The van der Waals surface area contributed by atoms with Crippen molar-refractivity contribution in [1.29, 1.82) is 5.26 Å². The third-order valence-corrected chi connectivity index (χ3v) is 4.12. The molecule has 0 spiro atoms. The van der Waals surface area contributed by atoms with Crippen molar-refractivity contribution in [2.24, 2.45) is 0 Å². The van der Waals surface area contributed by atoms with E-state index in [-0.39, 0.29) is 0 Å². The van der Waals surface area contributed by atoms with Crippen LogP contribution in [0.15, 0.2) is 70.5 Å². The van der Waals surface area contributed by atoms with Gasteiger partial charge in [-0.05, 0) is 24.6 Å². The second-order valence-corrected chi connectivity index (χ2v) is 5.83. The lowest BCUT2D eigenvalue weighted by Gasteiger charge is -2.01. The summed E-state index contributed by atoms with van der Waals surface area (Å²) in [6, 6.07) is 19.4. The minimum absolute atomic E-state index is 0.509. The van der Waals surface area contributed by atoms with Crippen LogP contribution in [-0.4, -0.2) is 4.21 Å². The van der Waals surface area contributed by atoms with Crippen LogP contribution in [0.25, 0.3) is 0 Å². The van der Waals surface area contributed by atoms with Crippen LogP contribution in [-0.2, 0) is 17.2 Å². The van der Waals surface area contributed by atoms with Crippen molar-refractivity contribution in [3.8, 4) is 6.07 Å². The first-order valence-electron chi connectivity index (χ1n) is 6.31. The van der Waals surface area contributed by atoms with Crippen LogP contribution >= 0.6 is 0 Å². The number of benzene rings is 2. The van der Waals surface area contributed by atoms with E-state index < -0.39 is 10.8 Å². The van der Waals surface area contributed by atoms with Gasteiger partial charge in [-0.3, -0.25) is 0 Å². The lowest BCUT2D eigenvalue weighted by atomic mass is 10.1. The van der Waals surface area contributed by atoms with Crippen molar-refractivity contribution in [3.05, 3.63) is 76.7 Å². The minimum Gasteiger partial charge on any atom is -0.250 e. The topological polar surface area (TPSA) is 40.9 Å². The molecule has 100 valence electrons. The van der Waals surface area contributed by atoms with Gasteiger partial charge in [-0.1, -0.05) is 48.0 Å². The van der Waals surface area contributed by atoms with E-state index in [1.54, 1.807) is 0 Å². The highest BCUT2D eigenvalue weighted by molar-refractivity contribution is 7.88. The molecule has 0 bridgehead atoms. The standard InChI is InChI=1S/C17H15NOS/c1-14-7-9-17(10-8-14)20(19)13-16(12-18)11-15-5-3-2-4-6-15/h2-10,13H,11H2,1H3/b16-13-/t20-/m1/s1. The summed E-state index contributed by atoms with van der Waals surface area (Å²) < 4.78 is 12.2. The van der Waals surface area contributed by atoms with E-state index in [9.17, 15) is 9.47 Å². The van der Waals surface area contributed by atoms with E-state index >= 15 is 0 Å². The van der Waals surface area contributed by atoms with Gasteiger partial charge in [0.25, 0.3) is 0 Å². The van der Waals surface area contributed by atoms with Gasteiger partial charge in [-0.15, -0.1) is 0 Å². The first-order chi connectivity index (χ1) is 9.69. The van der Waals surface area contributed by atoms with Crippen molar-refractivity contribution < 1.29 is 4.21 Å². The van der Waals surface area contributed by atoms with E-state index in [1.165, 1.54) is 5.41 Å². The fraction of sp³-hybridized carbons (Fsp3) is 0.118. The van der Waals surface area contributed by atoms with E-state index in [0.29, 0.717) is 12.0 Å². The molecule has 0 N–H and O–H groups in total. The smallest absolute Gasteiger partial charge is 0.0957 e. The molecule has 2 aromatic rings. The normalized spacial score (nSPS) is 12.7. The van der Waals surface area contributed by atoms with Crippen LogP contribution in [0.3, 0.4) is 0 Å². The summed E-state index contributed by atoms with van der Waals surface area (Å²) in [5, 5.41) is 10.7. The Bertz CT molecular complexity index is 666. The van der Waals surface area contributed by atoms with Crippen LogP contribution < -0.4 is 0 Å². The van der Waals surface area contributed by atoms with Crippen molar-refractivity contribution in [2.75, 3.05) is 0 Å². The molecule has 20 heavy (non-hydrogen) atoms. The zero-order valence-electron chi connectivity index (χ0n) is 11.2. The molecule has 2 rings (SSSR count). The highest BCUT2D eigenvalue weighted by atomic mass is 32.2. The van der Waals surface area contributed by atoms with Crippen LogP contribution in [0.5, 0.6) is 0 Å². The fourth-order valence-electron chi connectivity index (χ4n) is 1.79. The van der Waals surface area contributed by atoms with Gasteiger partial charge in [0, 0.05) is 22.3 Å². The molecule has 0 aliphatic heterocycles. The molecule has 1 atom stereocenters. The highest BCUT2D eigenvalue weighted by Crippen LogP contribution is 2.13. The van der Waals surface area contributed by atoms with E-state index in [4.69, 9.17) is 0 Å². The summed E-state index contributed by atoms with van der Waals surface area (Å²) in [4.78, 5) is 0.719. The molecule has 0 amide bonds. The molecule has 0 saturated heterocycles. The Balaban J connectivity index is 2.17. The first-order valence-corrected chi connectivity index (χ1v) is 7.52. The summed E-state index contributed by atoms with van der Waals surface area (Å²) in [7, 11) is -1.28. The van der Waals surface area contributed by atoms with Gasteiger partial charge in [0.05, 0.1) is 16.9 Å². The van der Waals surface area contributed by atoms with Gasteiger partial charge in [0.15, 0.2) is 0 Å². The van der Waals surface area contributed by atoms with Crippen molar-refractivity contribution in [3.63, 3.8) is 0 Å². The van der Waals surface area contributed by atoms with Crippen molar-refractivity contribution >= 4 is 10.8 Å². The number of rotatable bonds is 4. The Morgan fingerprint density at radius 1 is 1.15 bits per heavy atom. The zero-order valence-corrected chi connectivity index (χ0v) is 12.1. The lowest BCUT2D eigenvalue weighted by Crippen LogP contribution is -1.93. The Morgan fingerprint density at radius 2 is 1.80 bits per heavy atom. The van der Waals surface area contributed by atoms with Crippen LogP contribution in [0.4, 0.5) is 0 Å². The molecule has 0 heterocycles. The average Bonchev–Trinajstić information content (AvgIpc) is 2.48. The van der Waals surface area contributed by atoms with Gasteiger partial charge >= 0.3 is 0 Å². The quantitative estimate of drug-likeness (QED) is 0.801. The van der Waals surface area contributed by atoms with Gasteiger partial charge in [-0.25, -0.2) is 4.21 Å². The van der Waals surface area contributed by atoms with Crippen LogP contribution in [0.2, 0.25) is 0 Å². The van der Waals surface area contributed by atoms with E-state index in [1.807, 2.05) is 61.5 Å². The number of allylic oxidation sites excluding steroid dienone is 1. The number of aryl methyl sites for hydroxylation is 1. The predicted octanol–water partition coefficient (Wildman–Crippen LogP) is 3.75. The first kappa shape index (κ1) is 14.2. The summed E-state index contributed by atoms with van der Waals surface area (Å²) in [6.07, 6.45) is 0.509. The average molecular weight is 281 g/mol. The van der Waals surface area contributed by atoms with Gasteiger partial charge < -0.3 is 0 Å². The lowest BCUT2D eigenvalue weighted by molar-refractivity contribution is 0.688. The number of nitriles is 1. The maximum atomic E-state index is 12.2. The predicted molar refractivity (Wildman–Crippen MR) is 81.4 cm³/mol. The molecular formula is C17H15NOS. The Morgan fingerprint density at radius 3 is 2.40 bits per heavy atom. The molecule has 3 heteroatoms. The molecule has 0 unspecified atom stereocenters. The van der Waals surface area contributed by atoms with Crippen molar-refractivity contribution in [1.82, 2.24) is 0 Å². The SMILES string of the molecule is Cc1ccc([S@](=O)/C=C(\C#N)Cc2ccccc2)cc1. The Kier molecular flexibility index (Phi) is 4.86. The molecular weight excluding hydrogens is 266 g/mol. The summed E-state index contributed by atoms with van der Waals surface area (Å²) in [6.45, 7) is 1.98. The molecule has 0 fully saturated rings. The molecule has 2 aromatic carbocycles. The highest BCUT2D eigenvalue weighted by Gasteiger charge is 2.04. The van der Waals surface area contributed by atoms with E-state index in [2.05, 4.69) is 6.07 Å². The van der Waals surface area contributed by atoms with Crippen LogP contribution in [0.1, 0.15) is 11.1 Å². The summed E-state index contributed by atoms with van der Waals surface area (Å²) in [5.41, 5.74) is 2.69. The summed E-state index contributed by atoms with van der Waals surface area (Å²) in [5.74, 6) is 0. The molecule has 2 nitrogen and oxygen atoms in total. The number of hydrogen-bond acceptors (Lipinski definition) is 2. The second-order valence-electron chi connectivity index (χ2n) is 4.53. The third-order valence-electron chi connectivity index (χ3n) is 2.88. The molecule has 0 aliphatic carbocycles. The monoisotopic (exact) mass is 281 g/mol. The van der Waals surface area contributed by atoms with Gasteiger partial charge in [0.1, 0.15) is 0 Å². The minimum atomic E-state index is -1.28. The maximum Gasteiger partial charge on any atom is 0.0957 e. The van der Waals surface area contributed by atoms with Crippen molar-refractivity contribution in [2.45, 2.75) is 18.2 Å². The maximum absolute atomic E-state index is 12.2. The number of hydrogen-bond donors (Lipinski definition) is 0. The van der Waals surface area contributed by atoms with E-state index in [0.717, 1.165) is 16.0 Å². The molecule has 0 saturated carbocycles. The third kappa shape index (κ3) is 3.91. The second kappa shape index (κ2) is 6.83.